The van der Waals surface area contributed by atoms with Crippen molar-refractivity contribution in [3.05, 3.63) is 18.1 Å². The van der Waals surface area contributed by atoms with E-state index in [1.54, 1.807) is 0 Å². The lowest BCUT2D eigenvalue weighted by molar-refractivity contribution is 0.230. The minimum Gasteiger partial charge on any atom is -0.473 e. The van der Waals surface area contributed by atoms with E-state index in [9.17, 15) is 0 Å². The van der Waals surface area contributed by atoms with Gasteiger partial charge in [-0.2, -0.15) is 5.26 Å². The molecule has 0 unspecified atom stereocenters. The normalized spacial score (nSPS) is 9.50. The van der Waals surface area contributed by atoms with Crippen molar-refractivity contribution in [1.82, 2.24) is 9.97 Å². The third kappa shape index (κ3) is 1.92. The summed E-state index contributed by atoms with van der Waals surface area (Å²) >= 11 is 0. The Kier molecular flexibility index (Phi) is 2.59. The average Bonchev–Trinajstić information content (AvgIpc) is 2.04. The Bertz CT molecular complexity index is 303. The van der Waals surface area contributed by atoms with Crippen LogP contribution in [0.4, 0.5) is 0 Å². The van der Waals surface area contributed by atoms with Crippen molar-refractivity contribution in [2.45, 2.75) is 20.0 Å². The first kappa shape index (κ1) is 8.47. The fourth-order valence-corrected chi connectivity index (χ4v) is 0.711. The Morgan fingerprint density at radius 3 is 2.67 bits per heavy atom. The maximum atomic E-state index is 8.60. The molecule has 12 heavy (non-hydrogen) atoms. The van der Waals surface area contributed by atoms with Crippen LogP contribution in [0, 0.1) is 11.3 Å². The van der Waals surface area contributed by atoms with Gasteiger partial charge in [0.2, 0.25) is 5.69 Å². The van der Waals surface area contributed by atoms with Gasteiger partial charge in [0.25, 0.3) is 5.88 Å². The molecule has 0 atom stereocenters. The van der Waals surface area contributed by atoms with Crippen molar-refractivity contribution in [3.63, 3.8) is 0 Å². The zero-order valence-electron chi connectivity index (χ0n) is 6.98. The lowest BCUT2D eigenvalue weighted by Gasteiger charge is -2.07. The van der Waals surface area contributed by atoms with Crippen LogP contribution >= 0.6 is 0 Å². The van der Waals surface area contributed by atoms with E-state index in [4.69, 9.17) is 10.00 Å². The molecule has 0 aromatic carbocycles. The summed E-state index contributed by atoms with van der Waals surface area (Å²) in [6, 6.07) is 1.90. The van der Waals surface area contributed by atoms with E-state index in [-0.39, 0.29) is 11.8 Å². The standard InChI is InChI=1S/C8H9N3O/c1-6(2)12-8-7(5-9)10-3-4-11-8/h3-4,6H,1-2H3. The van der Waals surface area contributed by atoms with Crippen LogP contribution in [-0.2, 0) is 0 Å². The van der Waals surface area contributed by atoms with E-state index in [1.807, 2.05) is 19.9 Å². The van der Waals surface area contributed by atoms with Crippen molar-refractivity contribution < 1.29 is 4.74 Å². The van der Waals surface area contributed by atoms with Crippen molar-refractivity contribution in [1.29, 1.82) is 5.26 Å². The topological polar surface area (TPSA) is 58.8 Å². The molecular weight excluding hydrogens is 154 g/mol. The molecular formula is C8H9N3O. The molecule has 1 rings (SSSR count). The summed E-state index contributed by atoms with van der Waals surface area (Å²) in [5.41, 5.74) is 0.228. The zero-order valence-corrected chi connectivity index (χ0v) is 6.98. The van der Waals surface area contributed by atoms with Gasteiger partial charge in [0.15, 0.2) is 0 Å². The van der Waals surface area contributed by atoms with Crippen molar-refractivity contribution >= 4 is 0 Å². The molecule has 4 nitrogen and oxygen atoms in total. The highest BCUT2D eigenvalue weighted by Crippen LogP contribution is 2.10. The van der Waals surface area contributed by atoms with Crippen molar-refractivity contribution in [2.24, 2.45) is 0 Å². The van der Waals surface area contributed by atoms with E-state index in [2.05, 4.69) is 9.97 Å². The minimum atomic E-state index is 0.00815. The minimum absolute atomic E-state index is 0.00815. The van der Waals surface area contributed by atoms with E-state index < -0.39 is 0 Å². The molecule has 4 heteroatoms. The highest BCUT2D eigenvalue weighted by molar-refractivity contribution is 5.29. The maximum Gasteiger partial charge on any atom is 0.251 e. The molecule has 1 aromatic rings. The Hall–Kier alpha value is -1.63. The van der Waals surface area contributed by atoms with Crippen LogP contribution in [0.1, 0.15) is 19.5 Å². The summed E-state index contributed by atoms with van der Waals surface area (Å²) in [5, 5.41) is 8.60. The van der Waals surface area contributed by atoms with Crippen LogP contribution in [-0.4, -0.2) is 16.1 Å². The third-order valence-corrected chi connectivity index (χ3v) is 1.12. The van der Waals surface area contributed by atoms with E-state index in [1.165, 1.54) is 12.4 Å². The first-order chi connectivity index (χ1) is 5.74. The molecule has 1 heterocycles. The third-order valence-electron chi connectivity index (χ3n) is 1.12. The molecule has 0 bridgehead atoms. The lowest BCUT2D eigenvalue weighted by Crippen LogP contribution is -2.08. The number of hydrogen-bond donors (Lipinski definition) is 0. The van der Waals surface area contributed by atoms with Gasteiger partial charge in [0, 0.05) is 12.4 Å². The quantitative estimate of drug-likeness (QED) is 0.655. The number of hydrogen-bond acceptors (Lipinski definition) is 4. The van der Waals surface area contributed by atoms with Gasteiger partial charge in [-0.15, -0.1) is 0 Å². The SMILES string of the molecule is CC(C)Oc1nccnc1C#N. The summed E-state index contributed by atoms with van der Waals surface area (Å²) < 4.78 is 5.24. The molecule has 0 saturated carbocycles. The van der Waals surface area contributed by atoms with Gasteiger partial charge < -0.3 is 4.74 Å². The summed E-state index contributed by atoms with van der Waals surface area (Å²) in [6.45, 7) is 3.74. The fourth-order valence-electron chi connectivity index (χ4n) is 0.711. The molecule has 0 aliphatic heterocycles. The second-order valence-corrected chi connectivity index (χ2v) is 2.49. The lowest BCUT2D eigenvalue weighted by atomic mass is 10.4. The molecule has 0 saturated heterocycles. The van der Waals surface area contributed by atoms with Gasteiger partial charge in [0.1, 0.15) is 6.07 Å². The van der Waals surface area contributed by atoms with Gasteiger partial charge in [-0.1, -0.05) is 0 Å². The average molecular weight is 163 g/mol. The van der Waals surface area contributed by atoms with Crippen LogP contribution in [0.15, 0.2) is 12.4 Å². The van der Waals surface area contributed by atoms with Crippen LogP contribution < -0.4 is 4.74 Å². The van der Waals surface area contributed by atoms with Gasteiger partial charge in [-0.3, -0.25) is 0 Å². The van der Waals surface area contributed by atoms with Gasteiger partial charge in [-0.25, -0.2) is 9.97 Å². The molecule has 0 aliphatic carbocycles. The zero-order chi connectivity index (χ0) is 8.97. The molecule has 0 spiro atoms. The monoisotopic (exact) mass is 163 g/mol. The smallest absolute Gasteiger partial charge is 0.251 e. The van der Waals surface area contributed by atoms with Crippen molar-refractivity contribution in [2.75, 3.05) is 0 Å². The maximum absolute atomic E-state index is 8.60. The predicted molar refractivity (Wildman–Crippen MR) is 42.5 cm³/mol. The molecule has 0 fully saturated rings. The summed E-state index contributed by atoms with van der Waals surface area (Å²) in [6.07, 6.45) is 2.97. The van der Waals surface area contributed by atoms with E-state index >= 15 is 0 Å². The molecule has 1 aromatic heterocycles. The first-order valence-electron chi connectivity index (χ1n) is 3.62. The molecule has 0 N–H and O–H groups in total. The first-order valence-corrected chi connectivity index (χ1v) is 3.62. The number of rotatable bonds is 2. The molecule has 0 radical (unpaired) electrons. The fraction of sp³-hybridized carbons (Fsp3) is 0.375. The van der Waals surface area contributed by atoms with Crippen LogP contribution in [0.25, 0.3) is 0 Å². The van der Waals surface area contributed by atoms with Gasteiger partial charge in [0.05, 0.1) is 6.10 Å². The summed E-state index contributed by atoms with van der Waals surface area (Å²) in [5.74, 6) is 0.301. The highest BCUT2D eigenvalue weighted by Gasteiger charge is 2.05. The summed E-state index contributed by atoms with van der Waals surface area (Å²) in [4.78, 5) is 7.68. The number of aromatic nitrogens is 2. The molecule has 62 valence electrons. The van der Waals surface area contributed by atoms with E-state index in [0.717, 1.165) is 0 Å². The van der Waals surface area contributed by atoms with Gasteiger partial charge in [-0.05, 0) is 13.8 Å². The second-order valence-electron chi connectivity index (χ2n) is 2.49. The van der Waals surface area contributed by atoms with E-state index in [0.29, 0.717) is 5.88 Å². The largest absolute Gasteiger partial charge is 0.473 e. The van der Waals surface area contributed by atoms with Crippen molar-refractivity contribution in [3.8, 4) is 11.9 Å². The van der Waals surface area contributed by atoms with Gasteiger partial charge >= 0.3 is 0 Å². The Balaban J connectivity index is 2.91. The number of nitrogens with zero attached hydrogens (tertiary/aromatic N) is 3. The molecule has 0 amide bonds. The predicted octanol–water partition coefficient (Wildman–Crippen LogP) is 1.14. The second kappa shape index (κ2) is 3.67. The Morgan fingerprint density at radius 2 is 2.08 bits per heavy atom. The Morgan fingerprint density at radius 1 is 1.42 bits per heavy atom. The number of ether oxygens (including phenoxy) is 1. The van der Waals surface area contributed by atoms with Crippen LogP contribution in [0.3, 0.4) is 0 Å². The highest BCUT2D eigenvalue weighted by atomic mass is 16.5. The number of nitriles is 1. The summed E-state index contributed by atoms with van der Waals surface area (Å²) in [7, 11) is 0. The van der Waals surface area contributed by atoms with Crippen LogP contribution in [0.2, 0.25) is 0 Å². The molecule has 0 aliphatic rings. The van der Waals surface area contributed by atoms with Crippen LogP contribution in [0.5, 0.6) is 5.88 Å². The Labute approximate surface area is 70.8 Å².